The number of ether oxygens (including phenoxy) is 1. The van der Waals surface area contributed by atoms with Gasteiger partial charge in [-0.1, -0.05) is 6.08 Å². The minimum Gasteiger partial charge on any atom is -0.481 e. The third kappa shape index (κ3) is 3.68. The van der Waals surface area contributed by atoms with Crippen LogP contribution in [0.15, 0.2) is 12.7 Å². The summed E-state index contributed by atoms with van der Waals surface area (Å²) in [5, 5.41) is 18.0. The van der Waals surface area contributed by atoms with Gasteiger partial charge in [0.05, 0.1) is 25.9 Å². The summed E-state index contributed by atoms with van der Waals surface area (Å²) in [6, 6.07) is -0.827. The Morgan fingerprint density at radius 1 is 1.47 bits per heavy atom. The van der Waals surface area contributed by atoms with E-state index >= 15 is 0 Å². The third-order valence-electron chi connectivity index (χ3n) is 3.16. The number of aliphatic carboxylic acids is 1. The Balaban J connectivity index is 2.73. The fourth-order valence-corrected chi connectivity index (χ4v) is 2.07. The maximum absolute atomic E-state index is 12.2. The second-order valence-electron chi connectivity index (χ2n) is 4.40. The number of carboxylic acids is 1. The highest BCUT2D eigenvalue weighted by Gasteiger charge is 2.39. The largest absolute Gasteiger partial charge is 0.481 e. The van der Waals surface area contributed by atoms with E-state index < -0.39 is 17.9 Å². The molecule has 0 aliphatic carbocycles. The van der Waals surface area contributed by atoms with Crippen LogP contribution in [0.5, 0.6) is 0 Å². The van der Waals surface area contributed by atoms with Gasteiger partial charge in [0.2, 0.25) is 0 Å². The van der Waals surface area contributed by atoms with Crippen molar-refractivity contribution >= 4 is 12.0 Å². The predicted molar refractivity (Wildman–Crippen MR) is 67.7 cm³/mol. The second kappa shape index (κ2) is 7.10. The zero-order chi connectivity index (χ0) is 14.4. The highest BCUT2D eigenvalue weighted by atomic mass is 16.5. The first-order valence-electron chi connectivity index (χ1n) is 6.07. The van der Waals surface area contributed by atoms with Crippen LogP contribution >= 0.6 is 0 Å². The zero-order valence-corrected chi connectivity index (χ0v) is 11.0. The van der Waals surface area contributed by atoms with Gasteiger partial charge in [-0.05, 0) is 0 Å². The minimum atomic E-state index is -0.973. The van der Waals surface area contributed by atoms with Gasteiger partial charge >= 0.3 is 12.0 Å². The van der Waals surface area contributed by atoms with E-state index in [1.165, 1.54) is 9.80 Å². The van der Waals surface area contributed by atoms with Gasteiger partial charge in [0.15, 0.2) is 0 Å². The number of aliphatic hydroxyl groups excluding tert-OH is 1. The molecule has 0 radical (unpaired) electrons. The fourth-order valence-electron chi connectivity index (χ4n) is 2.07. The number of carbonyl (C=O) groups is 2. The lowest BCUT2D eigenvalue weighted by molar-refractivity contribution is -0.142. The molecule has 7 heteroatoms. The first kappa shape index (κ1) is 15.5. The molecule has 0 saturated carbocycles. The van der Waals surface area contributed by atoms with Crippen LogP contribution < -0.4 is 0 Å². The van der Waals surface area contributed by atoms with Crippen molar-refractivity contribution in [2.45, 2.75) is 6.04 Å². The van der Waals surface area contributed by atoms with Crippen molar-refractivity contribution in [2.75, 3.05) is 40.0 Å². The summed E-state index contributed by atoms with van der Waals surface area (Å²) in [4.78, 5) is 26.1. The number of likely N-dealkylation sites (N-methyl/N-ethyl adjacent to an activating group) is 1. The Hall–Kier alpha value is -1.60. The summed E-state index contributed by atoms with van der Waals surface area (Å²) in [5.41, 5.74) is 0. The number of hydrogen-bond donors (Lipinski definition) is 2. The van der Waals surface area contributed by atoms with E-state index in [-0.39, 0.29) is 32.4 Å². The molecular formula is C12H20N2O5. The first-order chi connectivity index (χ1) is 9.02. The van der Waals surface area contributed by atoms with E-state index in [9.17, 15) is 9.59 Å². The number of carboxylic acid groups (broad SMARTS) is 1. The summed E-state index contributed by atoms with van der Waals surface area (Å²) in [7, 11) is 1.55. The molecule has 0 aromatic heterocycles. The molecule has 1 aliphatic rings. The van der Waals surface area contributed by atoms with Crippen molar-refractivity contribution < 1.29 is 24.5 Å². The van der Waals surface area contributed by atoms with Crippen molar-refractivity contribution in [3.8, 4) is 0 Å². The molecule has 2 atom stereocenters. The van der Waals surface area contributed by atoms with Crippen molar-refractivity contribution in [1.82, 2.24) is 9.80 Å². The van der Waals surface area contributed by atoms with Crippen LogP contribution in [0.4, 0.5) is 4.79 Å². The molecule has 0 aromatic carbocycles. The standard InChI is InChI=1S/C12H20N2O5/c1-3-4-14(5-6-15)12(18)13(2)10-8-19-7-9(10)11(16)17/h3,9-10,15H,1,4-8H2,2H3,(H,16,17). The average molecular weight is 272 g/mol. The molecule has 2 N–H and O–H groups in total. The van der Waals surface area contributed by atoms with Gasteiger partial charge in [0, 0.05) is 20.1 Å². The van der Waals surface area contributed by atoms with Crippen LogP contribution in [0.1, 0.15) is 0 Å². The Bertz CT molecular complexity index is 347. The molecular weight excluding hydrogens is 252 g/mol. The summed E-state index contributed by atoms with van der Waals surface area (Å²) in [6.07, 6.45) is 1.56. The van der Waals surface area contributed by atoms with Crippen LogP contribution in [-0.2, 0) is 9.53 Å². The third-order valence-corrected chi connectivity index (χ3v) is 3.16. The number of nitrogens with zero attached hydrogens (tertiary/aromatic N) is 2. The summed E-state index contributed by atoms with van der Waals surface area (Å²) in [6.45, 7) is 4.20. The molecule has 1 aliphatic heterocycles. The lowest BCUT2D eigenvalue weighted by Crippen LogP contribution is -2.50. The summed E-state index contributed by atoms with van der Waals surface area (Å²) >= 11 is 0. The van der Waals surface area contributed by atoms with Crippen molar-refractivity contribution in [3.05, 3.63) is 12.7 Å². The van der Waals surface area contributed by atoms with Gasteiger partial charge in [-0.25, -0.2) is 4.79 Å². The van der Waals surface area contributed by atoms with Gasteiger partial charge in [-0.2, -0.15) is 0 Å². The van der Waals surface area contributed by atoms with E-state index in [0.29, 0.717) is 6.54 Å². The Morgan fingerprint density at radius 2 is 2.16 bits per heavy atom. The van der Waals surface area contributed by atoms with Gasteiger partial charge in [0.25, 0.3) is 0 Å². The van der Waals surface area contributed by atoms with Crippen LogP contribution in [0, 0.1) is 5.92 Å². The molecule has 1 saturated heterocycles. The molecule has 2 unspecified atom stereocenters. The topological polar surface area (TPSA) is 90.3 Å². The highest BCUT2D eigenvalue weighted by Crippen LogP contribution is 2.20. The monoisotopic (exact) mass is 272 g/mol. The molecule has 1 heterocycles. The van der Waals surface area contributed by atoms with E-state index in [1.807, 2.05) is 0 Å². The highest BCUT2D eigenvalue weighted by molar-refractivity contribution is 5.77. The zero-order valence-electron chi connectivity index (χ0n) is 11.0. The Labute approximate surface area is 112 Å². The Morgan fingerprint density at radius 3 is 2.68 bits per heavy atom. The predicted octanol–water partition coefficient (Wildman–Crippen LogP) is -0.382. The minimum absolute atomic E-state index is 0.110. The van der Waals surface area contributed by atoms with E-state index in [0.717, 1.165) is 0 Å². The number of rotatable bonds is 6. The lowest BCUT2D eigenvalue weighted by Gasteiger charge is -2.31. The Kier molecular flexibility index (Phi) is 5.78. The molecule has 0 spiro atoms. The molecule has 0 bridgehead atoms. The van der Waals surface area contributed by atoms with Crippen molar-refractivity contribution in [2.24, 2.45) is 5.92 Å². The van der Waals surface area contributed by atoms with Gasteiger partial charge in [-0.15, -0.1) is 6.58 Å². The second-order valence-corrected chi connectivity index (χ2v) is 4.40. The molecule has 1 rings (SSSR count). The molecule has 1 fully saturated rings. The molecule has 108 valence electrons. The van der Waals surface area contributed by atoms with Gasteiger partial charge < -0.3 is 24.7 Å². The molecule has 2 amide bonds. The number of hydrogen-bond acceptors (Lipinski definition) is 4. The smallest absolute Gasteiger partial charge is 0.320 e. The van der Waals surface area contributed by atoms with Gasteiger partial charge in [0.1, 0.15) is 5.92 Å². The molecule has 7 nitrogen and oxygen atoms in total. The maximum Gasteiger partial charge on any atom is 0.320 e. The summed E-state index contributed by atoms with van der Waals surface area (Å²) in [5.74, 6) is -1.69. The lowest BCUT2D eigenvalue weighted by atomic mass is 10.0. The fraction of sp³-hybridized carbons (Fsp3) is 0.667. The SMILES string of the molecule is C=CCN(CCO)C(=O)N(C)C1COCC1C(=O)O. The average Bonchev–Trinajstić information content (AvgIpc) is 2.86. The van der Waals surface area contributed by atoms with Crippen LogP contribution in [-0.4, -0.2) is 78.0 Å². The van der Waals surface area contributed by atoms with E-state index in [2.05, 4.69) is 6.58 Å². The quantitative estimate of drug-likeness (QED) is 0.643. The van der Waals surface area contributed by atoms with Crippen LogP contribution in [0.25, 0.3) is 0 Å². The molecule has 0 aromatic rings. The van der Waals surface area contributed by atoms with Crippen molar-refractivity contribution in [1.29, 1.82) is 0 Å². The van der Waals surface area contributed by atoms with Crippen LogP contribution in [0.3, 0.4) is 0 Å². The summed E-state index contributed by atoms with van der Waals surface area (Å²) < 4.78 is 5.14. The normalized spacial score (nSPS) is 22.0. The maximum atomic E-state index is 12.2. The number of amides is 2. The first-order valence-corrected chi connectivity index (χ1v) is 6.07. The number of carbonyl (C=O) groups excluding carboxylic acids is 1. The van der Waals surface area contributed by atoms with E-state index in [1.54, 1.807) is 13.1 Å². The number of aliphatic hydroxyl groups is 1. The molecule has 19 heavy (non-hydrogen) atoms. The van der Waals surface area contributed by atoms with Crippen molar-refractivity contribution in [3.63, 3.8) is 0 Å². The van der Waals surface area contributed by atoms with Gasteiger partial charge in [-0.3, -0.25) is 4.79 Å². The number of urea groups is 1. The van der Waals surface area contributed by atoms with Crippen LogP contribution in [0.2, 0.25) is 0 Å². The van der Waals surface area contributed by atoms with E-state index in [4.69, 9.17) is 14.9 Å².